The molecule has 0 saturated carbocycles. The van der Waals surface area contributed by atoms with Crippen LogP contribution in [0.4, 0.5) is 0 Å². The summed E-state index contributed by atoms with van der Waals surface area (Å²) in [5, 5.41) is 0. The van der Waals surface area contributed by atoms with Crippen molar-refractivity contribution in [2.75, 3.05) is 6.54 Å². The average Bonchev–Trinajstić information content (AvgIpc) is 2.85. The predicted octanol–water partition coefficient (Wildman–Crippen LogP) is 2.49. The van der Waals surface area contributed by atoms with Crippen molar-refractivity contribution < 1.29 is 4.79 Å². The SMILES string of the molecule is CCCC(=O)N1CCC[C@H]1c1cccn1C. The van der Waals surface area contributed by atoms with E-state index in [-0.39, 0.29) is 0 Å². The monoisotopic (exact) mass is 220 g/mol. The van der Waals surface area contributed by atoms with E-state index >= 15 is 0 Å². The second kappa shape index (κ2) is 4.73. The van der Waals surface area contributed by atoms with Crippen LogP contribution in [0.15, 0.2) is 18.3 Å². The highest BCUT2D eigenvalue weighted by Crippen LogP contribution is 2.32. The Morgan fingerprint density at radius 2 is 2.38 bits per heavy atom. The minimum absolute atomic E-state index is 0.305. The lowest BCUT2D eigenvalue weighted by Crippen LogP contribution is -2.31. The smallest absolute Gasteiger partial charge is 0.223 e. The van der Waals surface area contributed by atoms with E-state index in [0.717, 1.165) is 25.8 Å². The van der Waals surface area contributed by atoms with Gasteiger partial charge in [0, 0.05) is 31.9 Å². The Kier molecular flexibility index (Phi) is 3.32. The van der Waals surface area contributed by atoms with E-state index in [1.807, 2.05) is 0 Å². The van der Waals surface area contributed by atoms with Gasteiger partial charge in [-0.3, -0.25) is 4.79 Å². The second-order valence-electron chi connectivity index (χ2n) is 4.54. The molecule has 0 N–H and O–H groups in total. The molecule has 2 heterocycles. The maximum Gasteiger partial charge on any atom is 0.223 e. The highest BCUT2D eigenvalue weighted by Gasteiger charge is 2.30. The van der Waals surface area contributed by atoms with Crippen molar-refractivity contribution in [1.29, 1.82) is 0 Å². The Morgan fingerprint density at radius 3 is 3.00 bits per heavy atom. The standard InChI is InChI=1S/C13H20N2O/c1-3-6-13(16)15-10-5-8-12(15)11-7-4-9-14(11)2/h4,7,9,12H,3,5-6,8,10H2,1-2H3/t12-/m0/s1. The molecule has 2 rings (SSSR count). The molecular formula is C13H20N2O. The summed E-state index contributed by atoms with van der Waals surface area (Å²) in [5.41, 5.74) is 1.27. The van der Waals surface area contributed by atoms with Crippen LogP contribution in [0.5, 0.6) is 0 Å². The number of amides is 1. The average molecular weight is 220 g/mol. The molecule has 1 atom stereocenters. The van der Waals surface area contributed by atoms with E-state index in [1.54, 1.807) is 0 Å². The highest BCUT2D eigenvalue weighted by molar-refractivity contribution is 5.76. The van der Waals surface area contributed by atoms with Gasteiger partial charge in [-0.2, -0.15) is 0 Å². The summed E-state index contributed by atoms with van der Waals surface area (Å²) in [5.74, 6) is 0.311. The van der Waals surface area contributed by atoms with Gasteiger partial charge >= 0.3 is 0 Å². The van der Waals surface area contributed by atoms with Gasteiger partial charge in [0.15, 0.2) is 0 Å². The Bertz CT molecular complexity index is 370. The van der Waals surface area contributed by atoms with Crippen molar-refractivity contribution in [1.82, 2.24) is 9.47 Å². The molecule has 0 aliphatic carbocycles. The molecule has 1 aliphatic heterocycles. The summed E-state index contributed by atoms with van der Waals surface area (Å²) >= 11 is 0. The fourth-order valence-corrected chi connectivity index (χ4v) is 2.55. The zero-order valence-corrected chi connectivity index (χ0v) is 10.1. The van der Waals surface area contributed by atoms with Crippen LogP contribution < -0.4 is 0 Å². The van der Waals surface area contributed by atoms with Gasteiger partial charge in [-0.05, 0) is 31.4 Å². The quantitative estimate of drug-likeness (QED) is 0.768. The van der Waals surface area contributed by atoms with Crippen LogP contribution in [0.3, 0.4) is 0 Å². The number of aromatic nitrogens is 1. The third-order valence-electron chi connectivity index (χ3n) is 3.36. The van der Waals surface area contributed by atoms with Crippen LogP contribution in [-0.2, 0) is 11.8 Å². The van der Waals surface area contributed by atoms with E-state index < -0.39 is 0 Å². The van der Waals surface area contributed by atoms with Crippen molar-refractivity contribution in [3.05, 3.63) is 24.0 Å². The van der Waals surface area contributed by atoms with Crippen molar-refractivity contribution in [3.8, 4) is 0 Å². The molecule has 1 amide bonds. The van der Waals surface area contributed by atoms with Crippen LogP contribution in [0.1, 0.15) is 44.3 Å². The van der Waals surface area contributed by atoms with Crippen LogP contribution >= 0.6 is 0 Å². The molecular weight excluding hydrogens is 200 g/mol. The summed E-state index contributed by atoms with van der Waals surface area (Å²) in [7, 11) is 2.05. The molecule has 1 fully saturated rings. The van der Waals surface area contributed by atoms with Gasteiger partial charge in [0.2, 0.25) is 5.91 Å². The number of hydrogen-bond acceptors (Lipinski definition) is 1. The Balaban J connectivity index is 2.15. The van der Waals surface area contributed by atoms with Crippen molar-refractivity contribution >= 4 is 5.91 Å². The molecule has 0 spiro atoms. The first-order valence-electron chi connectivity index (χ1n) is 6.14. The van der Waals surface area contributed by atoms with Crippen molar-refractivity contribution in [3.63, 3.8) is 0 Å². The number of likely N-dealkylation sites (tertiary alicyclic amines) is 1. The molecule has 1 aromatic rings. The molecule has 0 radical (unpaired) electrons. The minimum Gasteiger partial charge on any atom is -0.353 e. The van der Waals surface area contributed by atoms with E-state index in [0.29, 0.717) is 18.4 Å². The third kappa shape index (κ3) is 1.99. The van der Waals surface area contributed by atoms with Crippen molar-refractivity contribution in [2.24, 2.45) is 7.05 Å². The fourth-order valence-electron chi connectivity index (χ4n) is 2.55. The minimum atomic E-state index is 0.305. The summed E-state index contributed by atoms with van der Waals surface area (Å²) in [6, 6.07) is 4.48. The van der Waals surface area contributed by atoms with Gasteiger partial charge in [-0.1, -0.05) is 6.92 Å². The molecule has 16 heavy (non-hydrogen) atoms. The molecule has 88 valence electrons. The van der Waals surface area contributed by atoms with Crippen molar-refractivity contribution in [2.45, 2.75) is 38.6 Å². The van der Waals surface area contributed by atoms with E-state index in [1.165, 1.54) is 5.69 Å². The van der Waals surface area contributed by atoms with Gasteiger partial charge < -0.3 is 9.47 Å². The first-order valence-corrected chi connectivity index (χ1v) is 6.14. The lowest BCUT2D eigenvalue weighted by atomic mass is 10.1. The molecule has 1 aromatic heterocycles. The van der Waals surface area contributed by atoms with Gasteiger partial charge in [0.05, 0.1) is 6.04 Å². The fraction of sp³-hybridized carbons (Fsp3) is 0.615. The zero-order valence-electron chi connectivity index (χ0n) is 10.1. The summed E-state index contributed by atoms with van der Waals surface area (Å²) in [4.78, 5) is 14.0. The molecule has 0 unspecified atom stereocenters. The highest BCUT2D eigenvalue weighted by atomic mass is 16.2. The lowest BCUT2D eigenvalue weighted by Gasteiger charge is -2.25. The number of nitrogens with zero attached hydrogens (tertiary/aromatic N) is 2. The van der Waals surface area contributed by atoms with E-state index in [2.05, 4.69) is 41.8 Å². The van der Waals surface area contributed by atoms with E-state index in [9.17, 15) is 4.79 Å². The molecule has 1 saturated heterocycles. The van der Waals surface area contributed by atoms with Gasteiger partial charge in [0.25, 0.3) is 0 Å². The number of carbonyl (C=O) groups excluding carboxylic acids is 1. The van der Waals surface area contributed by atoms with Crippen LogP contribution in [0.2, 0.25) is 0 Å². The third-order valence-corrected chi connectivity index (χ3v) is 3.36. The largest absolute Gasteiger partial charge is 0.353 e. The number of aryl methyl sites for hydroxylation is 1. The molecule has 0 bridgehead atoms. The lowest BCUT2D eigenvalue weighted by molar-refractivity contribution is -0.132. The molecule has 3 heteroatoms. The topological polar surface area (TPSA) is 25.2 Å². The normalized spacial score (nSPS) is 20.4. The summed E-state index contributed by atoms with van der Waals surface area (Å²) < 4.78 is 2.13. The maximum atomic E-state index is 12.0. The maximum absolute atomic E-state index is 12.0. The first-order chi connectivity index (χ1) is 7.74. The number of carbonyl (C=O) groups is 1. The van der Waals surface area contributed by atoms with Crippen LogP contribution in [0.25, 0.3) is 0 Å². The predicted molar refractivity (Wildman–Crippen MR) is 64.0 cm³/mol. The van der Waals surface area contributed by atoms with Crippen LogP contribution in [0, 0.1) is 0 Å². The zero-order chi connectivity index (χ0) is 11.5. The molecule has 3 nitrogen and oxygen atoms in total. The van der Waals surface area contributed by atoms with Gasteiger partial charge in [-0.15, -0.1) is 0 Å². The molecule has 0 aromatic carbocycles. The molecule has 1 aliphatic rings. The summed E-state index contributed by atoms with van der Waals surface area (Å²) in [6.07, 6.45) is 5.91. The first kappa shape index (κ1) is 11.2. The van der Waals surface area contributed by atoms with Gasteiger partial charge in [-0.25, -0.2) is 0 Å². The Labute approximate surface area is 97.1 Å². The van der Waals surface area contributed by atoms with Gasteiger partial charge in [0.1, 0.15) is 0 Å². The van der Waals surface area contributed by atoms with Crippen LogP contribution in [-0.4, -0.2) is 21.9 Å². The number of rotatable bonds is 3. The second-order valence-corrected chi connectivity index (χ2v) is 4.54. The Hall–Kier alpha value is -1.25. The van der Waals surface area contributed by atoms with E-state index in [4.69, 9.17) is 0 Å². The number of hydrogen-bond donors (Lipinski definition) is 0. The Morgan fingerprint density at radius 1 is 1.56 bits per heavy atom. The summed E-state index contributed by atoms with van der Waals surface area (Å²) in [6.45, 7) is 2.99.